The van der Waals surface area contributed by atoms with Crippen LogP contribution in [0, 0.1) is 5.92 Å². The van der Waals surface area contributed by atoms with E-state index in [1.165, 1.54) is 0 Å². The van der Waals surface area contributed by atoms with Crippen molar-refractivity contribution in [1.82, 2.24) is 0 Å². The Morgan fingerprint density at radius 3 is 2.37 bits per heavy atom. The second-order valence-corrected chi connectivity index (χ2v) is 6.19. The molecule has 0 spiro atoms. The van der Waals surface area contributed by atoms with Crippen molar-refractivity contribution in [2.75, 3.05) is 6.61 Å². The minimum atomic E-state index is -3.68. The van der Waals surface area contributed by atoms with E-state index in [-0.39, 0.29) is 47.0 Å². The predicted octanol–water partition coefficient (Wildman–Crippen LogP) is 2.82. The molecule has 2 rings (SSSR count). The Morgan fingerprint density at radius 2 is 1.68 bits per heavy atom. The van der Waals surface area contributed by atoms with Gasteiger partial charge >= 0.3 is 0 Å². The Morgan fingerprint density at radius 1 is 1.05 bits per heavy atom. The van der Waals surface area contributed by atoms with E-state index >= 15 is 0 Å². The number of rotatable bonds is 4. The first-order valence-corrected chi connectivity index (χ1v) is 7.29. The average Bonchev–Trinajstić information content (AvgIpc) is 2.36. The Labute approximate surface area is 136 Å². The Kier molecular flexibility index (Phi) is 6.02. The summed E-state index contributed by atoms with van der Waals surface area (Å²) in [7, 11) is -3.68. The van der Waals surface area contributed by atoms with Crippen LogP contribution in [-0.2, 0) is 14.3 Å². The van der Waals surface area contributed by atoms with Gasteiger partial charge < -0.3 is 0 Å². The molecule has 97 valence electrons. The van der Waals surface area contributed by atoms with Crippen molar-refractivity contribution in [3.8, 4) is 0 Å². The van der Waals surface area contributed by atoms with E-state index in [1.54, 1.807) is 18.2 Å². The molecular formula is C14H16NaO3S. The maximum Gasteiger partial charge on any atom is 0.297 e. The van der Waals surface area contributed by atoms with Gasteiger partial charge in [0.1, 0.15) is 4.90 Å². The van der Waals surface area contributed by atoms with Crippen LogP contribution in [0.4, 0.5) is 0 Å². The zero-order valence-electron chi connectivity index (χ0n) is 11.5. The second-order valence-electron chi connectivity index (χ2n) is 4.61. The van der Waals surface area contributed by atoms with Crippen molar-refractivity contribution >= 4 is 50.4 Å². The summed E-state index contributed by atoms with van der Waals surface area (Å²) in [6.07, 6.45) is 0. The molecule has 2 aromatic rings. The largest absolute Gasteiger partial charge is 0.297 e. The summed E-state index contributed by atoms with van der Waals surface area (Å²) in [5, 5.41) is 1.59. The fourth-order valence-corrected chi connectivity index (χ4v) is 2.98. The Balaban J connectivity index is 0.00000180. The average molecular weight is 287 g/mol. The van der Waals surface area contributed by atoms with E-state index in [1.807, 2.05) is 38.1 Å². The van der Waals surface area contributed by atoms with E-state index in [0.29, 0.717) is 5.39 Å². The molecule has 2 aromatic carbocycles. The number of hydrogen-bond acceptors (Lipinski definition) is 3. The molecule has 0 aliphatic heterocycles. The molecule has 0 unspecified atom stereocenters. The van der Waals surface area contributed by atoms with Gasteiger partial charge in [-0.05, 0) is 17.4 Å². The minimum Gasteiger partial charge on any atom is -0.266 e. The van der Waals surface area contributed by atoms with Crippen molar-refractivity contribution in [3.63, 3.8) is 0 Å². The van der Waals surface area contributed by atoms with E-state index in [0.717, 1.165) is 5.39 Å². The molecule has 0 aliphatic rings. The molecular weight excluding hydrogens is 271 g/mol. The van der Waals surface area contributed by atoms with Crippen LogP contribution in [0.3, 0.4) is 0 Å². The molecule has 0 amide bonds. The van der Waals surface area contributed by atoms with Gasteiger partial charge in [-0.1, -0.05) is 50.2 Å². The summed E-state index contributed by atoms with van der Waals surface area (Å²) < 4.78 is 29.3. The quantitative estimate of drug-likeness (QED) is 0.641. The first kappa shape index (κ1) is 16.7. The summed E-state index contributed by atoms with van der Waals surface area (Å²) in [6, 6.07) is 12.6. The molecule has 0 fully saturated rings. The van der Waals surface area contributed by atoms with Gasteiger partial charge in [0.05, 0.1) is 6.61 Å². The van der Waals surface area contributed by atoms with Crippen LogP contribution >= 0.6 is 0 Å². The number of hydrogen-bond donors (Lipinski definition) is 0. The van der Waals surface area contributed by atoms with Gasteiger partial charge in [-0.2, -0.15) is 8.42 Å². The molecule has 0 atom stereocenters. The van der Waals surface area contributed by atoms with Crippen LogP contribution in [0.1, 0.15) is 13.8 Å². The zero-order chi connectivity index (χ0) is 13.2. The molecule has 0 aliphatic carbocycles. The van der Waals surface area contributed by atoms with Gasteiger partial charge in [-0.15, -0.1) is 0 Å². The summed E-state index contributed by atoms with van der Waals surface area (Å²) in [4.78, 5) is 0.237. The maximum atomic E-state index is 12.1. The van der Waals surface area contributed by atoms with Gasteiger partial charge in [-0.25, -0.2) is 0 Å². The third kappa shape index (κ3) is 4.04. The minimum absolute atomic E-state index is 0. The second kappa shape index (κ2) is 6.86. The molecule has 0 bridgehead atoms. The van der Waals surface area contributed by atoms with Crippen LogP contribution in [0.2, 0.25) is 0 Å². The monoisotopic (exact) mass is 287 g/mol. The first-order valence-electron chi connectivity index (χ1n) is 5.88. The summed E-state index contributed by atoms with van der Waals surface area (Å²) in [5.41, 5.74) is 0. The third-order valence-electron chi connectivity index (χ3n) is 2.58. The van der Waals surface area contributed by atoms with Gasteiger partial charge in [0.25, 0.3) is 10.1 Å². The van der Waals surface area contributed by atoms with Gasteiger partial charge in [0.2, 0.25) is 0 Å². The Hall–Kier alpha value is -0.390. The van der Waals surface area contributed by atoms with Gasteiger partial charge in [0.15, 0.2) is 0 Å². The van der Waals surface area contributed by atoms with Crippen LogP contribution < -0.4 is 0 Å². The molecule has 5 heteroatoms. The summed E-state index contributed by atoms with van der Waals surface area (Å²) in [5.74, 6) is 0.176. The summed E-state index contributed by atoms with van der Waals surface area (Å²) in [6.45, 7) is 4.03. The first-order chi connectivity index (χ1) is 8.50. The molecule has 1 radical (unpaired) electrons. The third-order valence-corrected chi connectivity index (χ3v) is 3.92. The fraction of sp³-hybridized carbons (Fsp3) is 0.286. The topological polar surface area (TPSA) is 43.4 Å². The maximum absolute atomic E-state index is 12.1. The standard InChI is InChI=1S/C14H16O3S.Na/c1-11(2)10-17-18(15,16)14-9-5-7-12-6-3-4-8-13(12)14;/h3-9,11H,10H2,1-2H3;. The van der Waals surface area contributed by atoms with E-state index in [9.17, 15) is 8.42 Å². The van der Waals surface area contributed by atoms with E-state index in [2.05, 4.69) is 0 Å². The molecule has 0 N–H and O–H groups in total. The van der Waals surface area contributed by atoms with E-state index in [4.69, 9.17) is 4.18 Å². The fourth-order valence-electron chi connectivity index (χ4n) is 1.70. The van der Waals surface area contributed by atoms with E-state index < -0.39 is 10.1 Å². The van der Waals surface area contributed by atoms with Crippen LogP contribution in [0.5, 0.6) is 0 Å². The molecule has 0 saturated heterocycles. The molecule has 19 heavy (non-hydrogen) atoms. The Bertz CT molecular complexity index is 645. The normalized spacial score (nSPS) is 11.5. The van der Waals surface area contributed by atoms with Crippen LogP contribution in [-0.4, -0.2) is 44.6 Å². The summed E-state index contributed by atoms with van der Waals surface area (Å²) >= 11 is 0. The number of fused-ring (bicyclic) bond motifs is 1. The smallest absolute Gasteiger partial charge is 0.266 e. The predicted molar refractivity (Wildman–Crippen MR) is 77.7 cm³/mol. The molecule has 0 aromatic heterocycles. The van der Waals surface area contributed by atoms with Crippen molar-refractivity contribution in [3.05, 3.63) is 42.5 Å². The van der Waals surface area contributed by atoms with Gasteiger partial charge in [0, 0.05) is 34.9 Å². The number of benzene rings is 2. The molecule has 0 saturated carbocycles. The molecule has 3 nitrogen and oxygen atoms in total. The zero-order valence-corrected chi connectivity index (χ0v) is 14.3. The van der Waals surface area contributed by atoms with Crippen molar-refractivity contribution in [2.24, 2.45) is 5.92 Å². The van der Waals surface area contributed by atoms with Crippen molar-refractivity contribution < 1.29 is 12.6 Å². The SMILES string of the molecule is CC(C)COS(=O)(=O)c1cccc2ccccc12.[Na]. The van der Waals surface area contributed by atoms with Gasteiger partial charge in [-0.3, -0.25) is 4.18 Å². The van der Waals surface area contributed by atoms with Crippen LogP contribution in [0.15, 0.2) is 47.4 Å². The molecule has 0 heterocycles. The van der Waals surface area contributed by atoms with Crippen LogP contribution in [0.25, 0.3) is 10.8 Å². The van der Waals surface area contributed by atoms with Crippen molar-refractivity contribution in [2.45, 2.75) is 18.7 Å². The van der Waals surface area contributed by atoms with Crippen molar-refractivity contribution in [1.29, 1.82) is 0 Å².